The molecule has 0 aliphatic rings. The van der Waals surface area contributed by atoms with Crippen LogP contribution in [-0.2, 0) is 0 Å². The molecule has 3 N–H and O–H groups in total. The average molecular weight is 492 g/mol. The lowest BCUT2D eigenvalue weighted by Crippen LogP contribution is -2.02. The Morgan fingerprint density at radius 3 is 2.58 bits per heavy atom. The summed E-state index contributed by atoms with van der Waals surface area (Å²) in [5.74, 6) is 0.449. The van der Waals surface area contributed by atoms with Crippen molar-refractivity contribution in [1.82, 2.24) is 4.98 Å². The summed E-state index contributed by atoms with van der Waals surface area (Å²) < 4.78 is 6.33. The van der Waals surface area contributed by atoms with E-state index in [1.807, 2.05) is 36.4 Å². The maximum Gasteiger partial charge on any atom is 0.205 e. The Hall–Kier alpha value is -3.39. The molecule has 2 heterocycles. The van der Waals surface area contributed by atoms with Gasteiger partial charge in [0.25, 0.3) is 0 Å². The lowest BCUT2D eigenvalue weighted by atomic mass is 10.1. The van der Waals surface area contributed by atoms with E-state index in [0.717, 1.165) is 31.5 Å². The van der Waals surface area contributed by atoms with Crippen LogP contribution < -0.4 is 15.8 Å². The molecule has 33 heavy (non-hydrogen) atoms. The van der Waals surface area contributed by atoms with Crippen LogP contribution in [0.3, 0.4) is 0 Å². The molecular formula is C25H18ClN3O2S2. The Morgan fingerprint density at radius 1 is 1.03 bits per heavy atom. The molecule has 5 rings (SSSR count). The van der Waals surface area contributed by atoms with Crippen molar-refractivity contribution < 1.29 is 9.53 Å². The number of fused-ring (bicyclic) bond motifs is 1. The number of anilines is 3. The van der Waals surface area contributed by atoms with E-state index in [2.05, 4.69) is 5.32 Å². The molecular weight excluding hydrogens is 474 g/mol. The number of carbonyl (C=O) groups excluding carboxylic acids is 1. The van der Waals surface area contributed by atoms with E-state index in [-0.39, 0.29) is 5.78 Å². The highest BCUT2D eigenvalue weighted by Crippen LogP contribution is 2.47. The number of aromatic nitrogens is 1. The summed E-state index contributed by atoms with van der Waals surface area (Å²) in [7, 11) is 1.57. The highest BCUT2D eigenvalue weighted by molar-refractivity contribution is 7.23. The number of halogens is 1. The van der Waals surface area contributed by atoms with Gasteiger partial charge in [-0.15, -0.1) is 22.7 Å². The van der Waals surface area contributed by atoms with Crippen LogP contribution in [0.15, 0.2) is 72.8 Å². The molecule has 5 nitrogen and oxygen atoms in total. The zero-order valence-electron chi connectivity index (χ0n) is 17.5. The Bertz CT molecular complexity index is 1440. The highest BCUT2D eigenvalue weighted by atomic mass is 35.5. The van der Waals surface area contributed by atoms with E-state index in [0.29, 0.717) is 26.9 Å². The van der Waals surface area contributed by atoms with Crippen LogP contribution in [-0.4, -0.2) is 17.9 Å². The van der Waals surface area contributed by atoms with E-state index < -0.39 is 0 Å². The number of nitrogens with one attached hydrogen (secondary N) is 1. The number of hydrogen-bond donors (Lipinski definition) is 2. The van der Waals surface area contributed by atoms with Gasteiger partial charge in [0.15, 0.2) is 0 Å². The molecule has 164 valence electrons. The molecule has 0 unspecified atom stereocenters. The molecule has 0 fully saturated rings. The number of hydrogen-bond acceptors (Lipinski definition) is 7. The fourth-order valence-corrected chi connectivity index (χ4v) is 5.78. The predicted molar refractivity (Wildman–Crippen MR) is 139 cm³/mol. The average Bonchev–Trinajstić information content (AvgIpc) is 3.40. The van der Waals surface area contributed by atoms with Gasteiger partial charge in [0.2, 0.25) is 5.78 Å². The number of nitrogens with zero attached hydrogens (tertiary/aromatic N) is 1. The van der Waals surface area contributed by atoms with Gasteiger partial charge in [0, 0.05) is 16.3 Å². The Kier molecular flexibility index (Phi) is 5.76. The number of nitrogen functional groups attached to an aromatic ring is 1. The Balaban J connectivity index is 1.64. The van der Waals surface area contributed by atoms with Crippen molar-refractivity contribution in [3.05, 3.63) is 88.3 Å². The maximum atomic E-state index is 13.4. The molecule has 2 aromatic heterocycles. The molecule has 0 amide bonds. The maximum absolute atomic E-state index is 13.4. The molecule has 0 radical (unpaired) electrons. The van der Waals surface area contributed by atoms with Gasteiger partial charge in [-0.1, -0.05) is 35.9 Å². The van der Waals surface area contributed by atoms with Crippen LogP contribution in [0.1, 0.15) is 15.2 Å². The number of thiophene rings is 1. The third-order valence-corrected chi connectivity index (χ3v) is 7.52. The largest absolute Gasteiger partial charge is 0.497 e. The third-order valence-electron chi connectivity index (χ3n) is 5.09. The molecule has 0 aliphatic heterocycles. The van der Waals surface area contributed by atoms with Crippen molar-refractivity contribution in [1.29, 1.82) is 0 Å². The minimum absolute atomic E-state index is 0.164. The second kappa shape index (κ2) is 8.86. The summed E-state index contributed by atoms with van der Waals surface area (Å²) in [4.78, 5) is 18.7. The topological polar surface area (TPSA) is 77.2 Å². The Labute approximate surface area is 203 Å². The van der Waals surface area contributed by atoms with Crippen LogP contribution in [0.2, 0.25) is 5.02 Å². The van der Waals surface area contributed by atoms with Crippen LogP contribution >= 0.6 is 34.3 Å². The minimum Gasteiger partial charge on any atom is -0.497 e. The molecule has 3 aromatic carbocycles. The van der Waals surface area contributed by atoms with Gasteiger partial charge in [-0.2, -0.15) is 0 Å². The molecule has 0 atom stereocenters. The molecule has 0 spiro atoms. The molecule has 0 aliphatic carbocycles. The molecule has 0 saturated carbocycles. The summed E-state index contributed by atoms with van der Waals surface area (Å²) in [6.45, 7) is 0. The number of benzene rings is 3. The Morgan fingerprint density at radius 2 is 1.82 bits per heavy atom. The van der Waals surface area contributed by atoms with Gasteiger partial charge in [-0.05, 0) is 48.5 Å². The number of carbonyl (C=O) groups is 1. The van der Waals surface area contributed by atoms with Crippen LogP contribution in [0.4, 0.5) is 16.4 Å². The number of ketones is 1. The van der Waals surface area contributed by atoms with Gasteiger partial charge in [-0.3, -0.25) is 4.79 Å². The summed E-state index contributed by atoms with van der Waals surface area (Å²) in [5.41, 5.74) is 9.98. The lowest BCUT2D eigenvalue weighted by molar-refractivity contribution is 0.104. The minimum atomic E-state index is -0.164. The predicted octanol–water partition coefficient (Wildman–Crippen LogP) is 7.24. The standard InChI is InChI=1S/C25H18ClN3O2S2/c1-31-17-6-4-5-14(13-17)22(30)23-21(27)20(25-29-18-7-2-3-8-19(18)32-25)24(33-23)28-16-11-9-15(26)10-12-16/h2-13,28H,27H2,1H3. The number of rotatable bonds is 6. The fourth-order valence-electron chi connectivity index (χ4n) is 3.45. The lowest BCUT2D eigenvalue weighted by Gasteiger charge is -2.06. The SMILES string of the molecule is COc1cccc(C(=O)c2sc(Nc3ccc(Cl)cc3)c(-c3nc4ccccc4s3)c2N)c1. The molecule has 0 saturated heterocycles. The van der Waals surface area contributed by atoms with Gasteiger partial charge >= 0.3 is 0 Å². The molecule has 8 heteroatoms. The number of thiazole rings is 1. The zero-order chi connectivity index (χ0) is 22.9. The smallest absolute Gasteiger partial charge is 0.205 e. The van der Waals surface area contributed by atoms with Crippen molar-refractivity contribution in [2.75, 3.05) is 18.2 Å². The first-order chi connectivity index (χ1) is 16.0. The van der Waals surface area contributed by atoms with Gasteiger partial charge in [0.05, 0.1) is 28.6 Å². The highest BCUT2D eigenvalue weighted by Gasteiger charge is 2.25. The third kappa shape index (κ3) is 4.18. The number of methoxy groups -OCH3 is 1. The summed E-state index contributed by atoms with van der Waals surface area (Å²) in [6, 6.07) is 22.3. The van der Waals surface area contributed by atoms with Crippen LogP contribution in [0.25, 0.3) is 20.8 Å². The van der Waals surface area contributed by atoms with E-state index in [4.69, 9.17) is 27.1 Å². The summed E-state index contributed by atoms with van der Waals surface area (Å²) in [5, 5.41) is 5.55. The first-order valence-electron chi connectivity index (χ1n) is 10.0. The van der Waals surface area contributed by atoms with Crippen molar-refractivity contribution in [3.8, 4) is 16.3 Å². The van der Waals surface area contributed by atoms with E-state index >= 15 is 0 Å². The van der Waals surface area contributed by atoms with Crippen LogP contribution in [0.5, 0.6) is 5.75 Å². The van der Waals surface area contributed by atoms with E-state index in [1.165, 1.54) is 11.3 Å². The summed E-state index contributed by atoms with van der Waals surface area (Å²) in [6.07, 6.45) is 0. The second-order valence-electron chi connectivity index (χ2n) is 7.23. The zero-order valence-corrected chi connectivity index (χ0v) is 19.9. The molecule has 5 aromatic rings. The van der Waals surface area contributed by atoms with Crippen molar-refractivity contribution in [3.63, 3.8) is 0 Å². The van der Waals surface area contributed by atoms with Crippen molar-refractivity contribution in [2.24, 2.45) is 0 Å². The number of para-hydroxylation sites is 1. The van der Waals surface area contributed by atoms with Crippen molar-refractivity contribution in [2.45, 2.75) is 0 Å². The normalized spacial score (nSPS) is 11.0. The monoisotopic (exact) mass is 491 g/mol. The first-order valence-corrected chi connectivity index (χ1v) is 12.0. The van der Waals surface area contributed by atoms with Gasteiger partial charge in [0.1, 0.15) is 20.6 Å². The second-order valence-corrected chi connectivity index (χ2v) is 9.72. The number of ether oxygens (including phenoxy) is 1. The number of nitrogens with two attached hydrogens (primary N) is 1. The van der Waals surface area contributed by atoms with E-state index in [9.17, 15) is 4.79 Å². The summed E-state index contributed by atoms with van der Waals surface area (Å²) >= 11 is 8.90. The van der Waals surface area contributed by atoms with Crippen LogP contribution in [0, 0.1) is 0 Å². The van der Waals surface area contributed by atoms with E-state index in [1.54, 1.807) is 54.8 Å². The van der Waals surface area contributed by atoms with Crippen molar-refractivity contribution >= 4 is 66.7 Å². The molecule has 0 bridgehead atoms. The van der Waals surface area contributed by atoms with Gasteiger partial charge in [-0.25, -0.2) is 4.98 Å². The van der Waals surface area contributed by atoms with Gasteiger partial charge < -0.3 is 15.8 Å². The fraction of sp³-hybridized carbons (Fsp3) is 0.0400. The quantitative estimate of drug-likeness (QED) is 0.245. The first kappa shape index (κ1) is 21.5.